The summed E-state index contributed by atoms with van der Waals surface area (Å²) in [6.07, 6.45) is 1.98. The minimum Gasteiger partial charge on any atom is -0.491 e. The first kappa shape index (κ1) is 19.9. The predicted octanol–water partition coefficient (Wildman–Crippen LogP) is 2.10. The molecule has 1 amide bonds. The zero-order valence-corrected chi connectivity index (χ0v) is 17.0. The Labute approximate surface area is 172 Å². The van der Waals surface area contributed by atoms with Gasteiger partial charge in [-0.3, -0.25) is 19.1 Å². The molecule has 30 heavy (non-hydrogen) atoms. The fourth-order valence-corrected chi connectivity index (χ4v) is 3.49. The molecular formula is C22H24N4O4. The molecule has 1 saturated carbocycles. The lowest BCUT2D eigenvalue weighted by atomic mass is 10.1. The number of nitrogens with one attached hydrogen (secondary N) is 2. The fraction of sp³-hybridized carbons (Fsp3) is 0.364. The van der Waals surface area contributed by atoms with Crippen LogP contribution in [0.15, 0.2) is 39.9 Å². The third-order valence-corrected chi connectivity index (χ3v) is 5.26. The van der Waals surface area contributed by atoms with Crippen LogP contribution in [0.5, 0.6) is 5.75 Å². The number of amides is 1. The summed E-state index contributed by atoms with van der Waals surface area (Å²) < 4.78 is 7.11. The molecule has 0 radical (unpaired) electrons. The van der Waals surface area contributed by atoms with Gasteiger partial charge in [-0.1, -0.05) is 18.2 Å². The van der Waals surface area contributed by atoms with Crippen LogP contribution in [0.25, 0.3) is 11.0 Å². The Morgan fingerprint density at radius 1 is 1.30 bits per heavy atom. The normalized spacial score (nSPS) is 13.4. The van der Waals surface area contributed by atoms with E-state index in [-0.39, 0.29) is 35.0 Å². The van der Waals surface area contributed by atoms with Gasteiger partial charge in [-0.2, -0.15) is 0 Å². The van der Waals surface area contributed by atoms with Crippen LogP contribution in [0, 0.1) is 6.92 Å². The number of H-pyrrole nitrogens is 1. The lowest BCUT2D eigenvalue weighted by Gasteiger charge is -2.13. The number of carbonyl (C=O) groups is 1. The lowest BCUT2D eigenvalue weighted by molar-refractivity contribution is 0.0948. The highest BCUT2D eigenvalue weighted by molar-refractivity contribution is 6.05. The number of benzene rings is 1. The van der Waals surface area contributed by atoms with E-state index < -0.39 is 11.2 Å². The second-order valence-electron chi connectivity index (χ2n) is 7.44. The van der Waals surface area contributed by atoms with Crippen molar-refractivity contribution in [3.8, 4) is 5.75 Å². The SMILES string of the molecule is CCn1c(=O)[nH]c(=O)c2c(C(=O)NCCOc3ccccc3C)cc(C3CC3)nc21. The molecule has 0 saturated heterocycles. The maximum atomic E-state index is 12.9. The number of aryl methyl sites for hydroxylation is 2. The number of hydrogen-bond acceptors (Lipinski definition) is 5. The highest BCUT2D eigenvalue weighted by atomic mass is 16.5. The number of pyridine rings is 1. The van der Waals surface area contributed by atoms with Gasteiger partial charge in [-0.15, -0.1) is 0 Å². The molecule has 2 aromatic heterocycles. The molecule has 0 aliphatic heterocycles. The third kappa shape index (κ3) is 3.85. The number of fused-ring (bicyclic) bond motifs is 1. The fourth-order valence-electron chi connectivity index (χ4n) is 3.49. The summed E-state index contributed by atoms with van der Waals surface area (Å²) in [6.45, 7) is 4.67. The van der Waals surface area contributed by atoms with Crippen LogP contribution >= 0.6 is 0 Å². The van der Waals surface area contributed by atoms with Gasteiger partial charge in [-0.05, 0) is 44.4 Å². The van der Waals surface area contributed by atoms with Crippen LogP contribution < -0.4 is 21.3 Å². The van der Waals surface area contributed by atoms with Crippen LogP contribution in [0.2, 0.25) is 0 Å². The molecule has 0 spiro atoms. The number of rotatable bonds is 7. The van der Waals surface area contributed by atoms with Gasteiger partial charge >= 0.3 is 5.69 Å². The van der Waals surface area contributed by atoms with Crippen molar-refractivity contribution < 1.29 is 9.53 Å². The summed E-state index contributed by atoms with van der Waals surface area (Å²) in [6, 6.07) is 9.33. The smallest absolute Gasteiger partial charge is 0.329 e. The maximum absolute atomic E-state index is 12.9. The Hall–Kier alpha value is -3.42. The molecule has 4 rings (SSSR count). The molecule has 2 N–H and O–H groups in total. The van der Waals surface area contributed by atoms with E-state index in [4.69, 9.17) is 4.74 Å². The van der Waals surface area contributed by atoms with Crippen molar-refractivity contribution in [2.75, 3.05) is 13.2 Å². The molecule has 1 aliphatic carbocycles. The maximum Gasteiger partial charge on any atom is 0.329 e. The van der Waals surface area contributed by atoms with Gasteiger partial charge in [0.1, 0.15) is 12.4 Å². The Morgan fingerprint density at radius 2 is 2.07 bits per heavy atom. The topological polar surface area (TPSA) is 106 Å². The molecule has 2 heterocycles. The van der Waals surface area contributed by atoms with Gasteiger partial charge in [0.2, 0.25) is 0 Å². The largest absolute Gasteiger partial charge is 0.491 e. The molecule has 1 fully saturated rings. The zero-order valence-electron chi connectivity index (χ0n) is 17.0. The van der Waals surface area contributed by atoms with Crippen LogP contribution in [-0.4, -0.2) is 33.6 Å². The molecule has 8 heteroatoms. The summed E-state index contributed by atoms with van der Waals surface area (Å²) in [7, 11) is 0. The third-order valence-electron chi connectivity index (χ3n) is 5.26. The van der Waals surface area contributed by atoms with E-state index >= 15 is 0 Å². The first-order chi connectivity index (χ1) is 14.5. The lowest BCUT2D eigenvalue weighted by Crippen LogP contribution is -2.34. The van der Waals surface area contributed by atoms with Crippen LogP contribution in [0.4, 0.5) is 0 Å². The second kappa shape index (κ2) is 8.14. The highest BCUT2D eigenvalue weighted by Gasteiger charge is 2.28. The average molecular weight is 408 g/mol. The van der Waals surface area contributed by atoms with E-state index in [1.807, 2.05) is 31.2 Å². The minimum atomic E-state index is -0.601. The number of aromatic amines is 1. The first-order valence-electron chi connectivity index (χ1n) is 10.1. The highest BCUT2D eigenvalue weighted by Crippen LogP contribution is 2.39. The van der Waals surface area contributed by atoms with Crippen LogP contribution in [-0.2, 0) is 6.54 Å². The predicted molar refractivity (Wildman–Crippen MR) is 113 cm³/mol. The Morgan fingerprint density at radius 3 is 2.77 bits per heavy atom. The molecule has 0 bridgehead atoms. The van der Waals surface area contributed by atoms with Crippen molar-refractivity contribution in [1.82, 2.24) is 19.9 Å². The van der Waals surface area contributed by atoms with Crippen molar-refractivity contribution in [3.05, 3.63) is 68.0 Å². The van der Waals surface area contributed by atoms with Gasteiger partial charge < -0.3 is 10.1 Å². The van der Waals surface area contributed by atoms with E-state index in [1.165, 1.54) is 4.57 Å². The molecule has 8 nitrogen and oxygen atoms in total. The van der Waals surface area contributed by atoms with Gasteiger partial charge in [0.05, 0.1) is 17.5 Å². The quantitative estimate of drug-likeness (QED) is 0.583. The number of para-hydroxylation sites is 1. The summed E-state index contributed by atoms with van der Waals surface area (Å²) >= 11 is 0. The van der Waals surface area contributed by atoms with Crippen LogP contribution in [0.1, 0.15) is 47.3 Å². The van der Waals surface area contributed by atoms with E-state index in [1.54, 1.807) is 13.0 Å². The first-order valence-corrected chi connectivity index (χ1v) is 10.1. The van der Waals surface area contributed by atoms with Crippen molar-refractivity contribution in [2.24, 2.45) is 0 Å². The van der Waals surface area contributed by atoms with Gasteiger partial charge in [0, 0.05) is 18.2 Å². The number of aromatic nitrogens is 3. The van der Waals surface area contributed by atoms with Gasteiger partial charge in [0.25, 0.3) is 11.5 Å². The Balaban J connectivity index is 1.61. The Kier molecular flexibility index (Phi) is 5.39. The summed E-state index contributed by atoms with van der Waals surface area (Å²) in [5.74, 6) is 0.648. The summed E-state index contributed by atoms with van der Waals surface area (Å²) in [5.41, 5.74) is 1.14. The molecule has 3 aromatic rings. The number of nitrogens with zero attached hydrogens (tertiary/aromatic N) is 2. The zero-order chi connectivity index (χ0) is 21.3. The number of hydrogen-bond donors (Lipinski definition) is 2. The van der Waals surface area contributed by atoms with E-state index in [0.717, 1.165) is 29.8 Å². The molecule has 156 valence electrons. The van der Waals surface area contributed by atoms with Crippen LogP contribution in [0.3, 0.4) is 0 Å². The monoisotopic (exact) mass is 408 g/mol. The van der Waals surface area contributed by atoms with E-state index in [2.05, 4.69) is 15.3 Å². The van der Waals surface area contributed by atoms with Crippen molar-refractivity contribution in [3.63, 3.8) is 0 Å². The van der Waals surface area contributed by atoms with Gasteiger partial charge in [-0.25, -0.2) is 9.78 Å². The van der Waals surface area contributed by atoms with Gasteiger partial charge in [0.15, 0.2) is 5.65 Å². The minimum absolute atomic E-state index is 0.137. The van der Waals surface area contributed by atoms with E-state index in [9.17, 15) is 14.4 Å². The Bertz CT molecular complexity index is 1220. The molecule has 1 aliphatic rings. The number of carbonyl (C=O) groups excluding carboxylic acids is 1. The van der Waals surface area contributed by atoms with Crippen molar-refractivity contribution in [1.29, 1.82) is 0 Å². The molecular weight excluding hydrogens is 384 g/mol. The molecule has 0 unspecified atom stereocenters. The van der Waals surface area contributed by atoms with Crippen molar-refractivity contribution >= 4 is 16.9 Å². The molecule has 0 atom stereocenters. The standard InChI is InChI=1S/C22H24N4O4/c1-3-26-19-18(21(28)25-22(26)29)15(12-16(24-19)14-8-9-14)20(27)23-10-11-30-17-7-5-4-6-13(17)2/h4-7,12,14H,3,8-11H2,1-2H3,(H,23,27)(H,25,28,29). The average Bonchev–Trinajstić information content (AvgIpc) is 3.57. The van der Waals surface area contributed by atoms with Crippen molar-refractivity contribution in [2.45, 2.75) is 39.2 Å². The van der Waals surface area contributed by atoms with E-state index in [0.29, 0.717) is 13.2 Å². The summed E-state index contributed by atoms with van der Waals surface area (Å²) in [5, 5.41) is 2.95. The number of ether oxygens (including phenoxy) is 1. The second-order valence-corrected chi connectivity index (χ2v) is 7.44. The summed E-state index contributed by atoms with van der Waals surface area (Å²) in [4.78, 5) is 44.5. The molecule has 1 aromatic carbocycles.